The van der Waals surface area contributed by atoms with Gasteiger partial charge in [-0.05, 0) is 24.1 Å². The molecule has 1 aromatic carbocycles. The molecule has 24 heavy (non-hydrogen) atoms. The molecule has 5 heteroatoms. The van der Waals surface area contributed by atoms with Crippen LogP contribution < -0.4 is 15.4 Å². The van der Waals surface area contributed by atoms with E-state index in [-0.39, 0.29) is 0 Å². The number of methoxy groups -OCH3 is 1. The molecule has 0 heterocycles. The predicted molar refractivity (Wildman–Crippen MR) is 101 cm³/mol. The van der Waals surface area contributed by atoms with Gasteiger partial charge in [-0.25, -0.2) is 0 Å². The monoisotopic (exact) mass is 335 g/mol. The molecule has 0 aliphatic rings. The maximum absolute atomic E-state index is 5.73. The maximum atomic E-state index is 5.73. The van der Waals surface area contributed by atoms with E-state index >= 15 is 0 Å². The highest BCUT2D eigenvalue weighted by atomic mass is 16.5. The van der Waals surface area contributed by atoms with Crippen molar-refractivity contribution in [1.82, 2.24) is 10.6 Å². The van der Waals surface area contributed by atoms with Gasteiger partial charge in [-0.2, -0.15) is 0 Å². The van der Waals surface area contributed by atoms with Gasteiger partial charge in [0, 0.05) is 40.3 Å². The Bertz CT molecular complexity index is 464. The van der Waals surface area contributed by atoms with E-state index in [9.17, 15) is 0 Å². The van der Waals surface area contributed by atoms with Crippen molar-refractivity contribution in [3.05, 3.63) is 29.8 Å². The van der Waals surface area contributed by atoms with Crippen molar-refractivity contribution in [1.29, 1.82) is 0 Å². The summed E-state index contributed by atoms with van der Waals surface area (Å²) in [7, 11) is 3.51. The Kier molecular flexibility index (Phi) is 11.6. The van der Waals surface area contributed by atoms with Gasteiger partial charge in [0.1, 0.15) is 5.75 Å². The van der Waals surface area contributed by atoms with Crippen LogP contribution in [0.4, 0.5) is 0 Å². The summed E-state index contributed by atoms with van der Waals surface area (Å²) >= 11 is 0. The van der Waals surface area contributed by atoms with E-state index in [1.54, 1.807) is 14.2 Å². The highest BCUT2D eigenvalue weighted by Gasteiger charge is 2.00. The van der Waals surface area contributed by atoms with Crippen molar-refractivity contribution in [2.24, 2.45) is 4.99 Å². The highest BCUT2D eigenvalue weighted by Crippen LogP contribution is 2.13. The van der Waals surface area contributed by atoms with Crippen molar-refractivity contribution < 1.29 is 9.47 Å². The molecule has 0 aromatic heterocycles. The van der Waals surface area contributed by atoms with Crippen molar-refractivity contribution in [2.45, 2.75) is 45.6 Å². The minimum atomic E-state index is 0.672. The van der Waals surface area contributed by atoms with Gasteiger partial charge in [0.2, 0.25) is 0 Å². The Morgan fingerprint density at radius 1 is 1.08 bits per heavy atom. The van der Waals surface area contributed by atoms with Gasteiger partial charge in [-0.15, -0.1) is 0 Å². The molecule has 1 rings (SSSR count). The van der Waals surface area contributed by atoms with Gasteiger partial charge in [-0.1, -0.05) is 38.3 Å². The first-order valence-electron chi connectivity index (χ1n) is 8.95. The van der Waals surface area contributed by atoms with Crippen LogP contribution in [0, 0.1) is 0 Å². The summed E-state index contributed by atoms with van der Waals surface area (Å²) in [5.74, 6) is 1.74. The quantitative estimate of drug-likeness (QED) is 0.349. The van der Waals surface area contributed by atoms with Crippen LogP contribution in [-0.2, 0) is 11.3 Å². The molecule has 0 bridgehead atoms. The molecule has 0 saturated carbocycles. The SMILES string of the molecule is CCCCCCNC(=NC)NCc1cccc(OCCCOC)c1. The molecule has 1 aromatic rings. The van der Waals surface area contributed by atoms with Crippen LogP contribution in [-0.4, -0.2) is 39.9 Å². The molecule has 0 saturated heterocycles. The fourth-order valence-corrected chi connectivity index (χ4v) is 2.30. The van der Waals surface area contributed by atoms with Gasteiger partial charge >= 0.3 is 0 Å². The smallest absolute Gasteiger partial charge is 0.191 e. The van der Waals surface area contributed by atoms with E-state index in [0.717, 1.165) is 37.8 Å². The van der Waals surface area contributed by atoms with Crippen molar-refractivity contribution >= 4 is 5.96 Å². The highest BCUT2D eigenvalue weighted by molar-refractivity contribution is 5.79. The normalized spacial score (nSPS) is 11.4. The van der Waals surface area contributed by atoms with E-state index in [2.05, 4.69) is 34.7 Å². The fraction of sp³-hybridized carbons (Fsp3) is 0.632. The second-order valence-corrected chi connectivity index (χ2v) is 5.76. The summed E-state index contributed by atoms with van der Waals surface area (Å²) in [6.45, 7) is 5.31. The molecule has 0 radical (unpaired) electrons. The van der Waals surface area contributed by atoms with Crippen molar-refractivity contribution in [2.75, 3.05) is 33.9 Å². The average Bonchev–Trinajstić information content (AvgIpc) is 2.61. The van der Waals surface area contributed by atoms with E-state index in [0.29, 0.717) is 6.61 Å². The molecule has 0 spiro atoms. The third-order valence-electron chi connectivity index (χ3n) is 3.67. The Morgan fingerprint density at radius 2 is 1.96 bits per heavy atom. The molecular weight excluding hydrogens is 302 g/mol. The molecule has 2 N–H and O–H groups in total. The lowest BCUT2D eigenvalue weighted by atomic mass is 10.2. The number of nitrogens with one attached hydrogen (secondary N) is 2. The lowest BCUT2D eigenvalue weighted by Gasteiger charge is -2.13. The van der Waals surface area contributed by atoms with E-state index in [1.807, 2.05) is 12.1 Å². The number of hydrogen-bond acceptors (Lipinski definition) is 3. The second kappa shape index (κ2) is 13.7. The van der Waals surface area contributed by atoms with Crippen LogP contribution in [0.1, 0.15) is 44.6 Å². The largest absolute Gasteiger partial charge is 0.493 e. The number of nitrogens with zero attached hydrogens (tertiary/aromatic N) is 1. The van der Waals surface area contributed by atoms with E-state index in [1.165, 1.54) is 31.2 Å². The van der Waals surface area contributed by atoms with Crippen LogP contribution in [0.15, 0.2) is 29.3 Å². The Morgan fingerprint density at radius 3 is 2.71 bits per heavy atom. The maximum Gasteiger partial charge on any atom is 0.191 e. The molecule has 0 aliphatic carbocycles. The summed E-state index contributed by atoms with van der Waals surface area (Å²) in [6, 6.07) is 8.15. The topological polar surface area (TPSA) is 54.9 Å². The zero-order valence-electron chi connectivity index (χ0n) is 15.4. The number of unbranched alkanes of at least 4 members (excludes halogenated alkanes) is 3. The lowest BCUT2D eigenvalue weighted by molar-refractivity contribution is 0.172. The molecular formula is C19H33N3O2. The number of guanidine groups is 1. The summed E-state index contributed by atoms with van der Waals surface area (Å²) < 4.78 is 10.8. The molecule has 0 atom stereocenters. The first-order valence-corrected chi connectivity index (χ1v) is 8.95. The van der Waals surface area contributed by atoms with E-state index < -0.39 is 0 Å². The molecule has 0 fully saturated rings. The number of hydrogen-bond donors (Lipinski definition) is 2. The number of benzene rings is 1. The van der Waals surface area contributed by atoms with Crippen LogP contribution in [0.5, 0.6) is 5.75 Å². The van der Waals surface area contributed by atoms with Crippen LogP contribution >= 0.6 is 0 Å². The molecule has 5 nitrogen and oxygen atoms in total. The summed E-state index contributed by atoms with van der Waals surface area (Å²) in [5.41, 5.74) is 1.17. The van der Waals surface area contributed by atoms with Gasteiger partial charge in [0.25, 0.3) is 0 Å². The minimum Gasteiger partial charge on any atom is -0.493 e. The lowest BCUT2D eigenvalue weighted by Crippen LogP contribution is -2.37. The Balaban J connectivity index is 2.31. The zero-order chi connectivity index (χ0) is 17.5. The van der Waals surface area contributed by atoms with Crippen molar-refractivity contribution in [3.63, 3.8) is 0 Å². The van der Waals surface area contributed by atoms with Gasteiger partial charge in [-0.3, -0.25) is 4.99 Å². The molecule has 0 amide bonds. The minimum absolute atomic E-state index is 0.672. The zero-order valence-corrected chi connectivity index (χ0v) is 15.4. The van der Waals surface area contributed by atoms with Crippen molar-refractivity contribution in [3.8, 4) is 5.75 Å². The van der Waals surface area contributed by atoms with Crippen LogP contribution in [0.2, 0.25) is 0 Å². The number of aliphatic imine (C=N–C) groups is 1. The van der Waals surface area contributed by atoms with Crippen LogP contribution in [0.3, 0.4) is 0 Å². The first-order chi connectivity index (χ1) is 11.8. The Labute approximate surface area is 146 Å². The number of rotatable bonds is 12. The summed E-state index contributed by atoms with van der Waals surface area (Å²) in [6.07, 6.45) is 5.90. The molecule has 0 unspecified atom stereocenters. The second-order valence-electron chi connectivity index (χ2n) is 5.76. The first kappa shape index (κ1) is 20.3. The third-order valence-corrected chi connectivity index (χ3v) is 3.67. The fourth-order valence-electron chi connectivity index (χ4n) is 2.30. The standard InChI is InChI=1S/C19H33N3O2/c1-4-5-6-7-12-21-19(20-2)22-16-17-10-8-11-18(15-17)24-14-9-13-23-3/h8,10-11,15H,4-7,9,12-14,16H2,1-3H3,(H2,20,21,22). The molecule has 0 aliphatic heterocycles. The predicted octanol–water partition coefficient (Wildman–Crippen LogP) is 3.35. The Hall–Kier alpha value is -1.75. The van der Waals surface area contributed by atoms with Gasteiger partial charge in [0.05, 0.1) is 6.61 Å². The average molecular weight is 335 g/mol. The van der Waals surface area contributed by atoms with E-state index in [4.69, 9.17) is 9.47 Å². The summed E-state index contributed by atoms with van der Waals surface area (Å²) in [5, 5.41) is 6.70. The summed E-state index contributed by atoms with van der Waals surface area (Å²) in [4.78, 5) is 4.26. The molecule has 136 valence electrons. The number of ether oxygens (including phenoxy) is 2. The third kappa shape index (κ3) is 9.40. The van der Waals surface area contributed by atoms with Gasteiger partial charge < -0.3 is 20.1 Å². The van der Waals surface area contributed by atoms with Gasteiger partial charge in [0.15, 0.2) is 5.96 Å². The van der Waals surface area contributed by atoms with Crippen LogP contribution in [0.25, 0.3) is 0 Å².